The number of nitrogens with zero attached hydrogens (tertiary/aromatic N) is 2. The van der Waals surface area contributed by atoms with Crippen LogP contribution < -0.4 is 0 Å². The minimum atomic E-state index is -0.201. The van der Waals surface area contributed by atoms with Crippen LogP contribution >= 0.6 is 11.6 Å². The van der Waals surface area contributed by atoms with Gasteiger partial charge in [0.15, 0.2) is 0 Å². The molecule has 1 amide bonds. The van der Waals surface area contributed by atoms with Gasteiger partial charge in [-0.05, 0) is 62.9 Å². The summed E-state index contributed by atoms with van der Waals surface area (Å²) in [6.07, 6.45) is 6.05. The van der Waals surface area contributed by atoms with Gasteiger partial charge in [0, 0.05) is 35.1 Å². The number of likely N-dealkylation sites (tertiary alicyclic amines) is 2. The third-order valence-corrected chi connectivity index (χ3v) is 6.18. The monoisotopic (exact) mass is 376 g/mol. The normalized spacial score (nSPS) is 20.6. The van der Waals surface area contributed by atoms with Gasteiger partial charge in [0.1, 0.15) is 5.58 Å². The van der Waals surface area contributed by atoms with Crippen molar-refractivity contribution in [3.63, 3.8) is 0 Å². The van der Waals surface area contributed by atoms with Crippen LogP contribution in [-0.2, 0) is 4.74 Å². The Morgan fingerprint density at radius 3 is 2.58 bits per heavy atom. The molecular formula is C20H25ClN2O3. The van der Waals surface area contributed by atoms with E-state index >= 15 is 0 Å². The molecule has 140 valence electrons. The van der Waals surface area contributed by atoms with Gasteiger partial charge in [0.2, 0.25) is 0 Å². The van der Waals surface area contributed by atoms with Crippen molar-refractivity contribution in [1.82, 2.24) is 9.80 Å². The largest absolute Gasteiger partial charge is 0.464 e. The number of carbonyl (C=O) groups excluding carboxylic acids is 1. The summed E-state index contributed by atoms with van der Waals surface area (Å²) in [7, 11) is 1.45. The number of halogens is 1. The Morgan fingerprint density at radius 2 is 1.88 bits per heavy atom. The predicted molar refractivity (Wildman–Crippen MR) is 102 cm³/mol. The van der Waals surface area contributed by atoms with Crippen LogP contribution in [0.5, 0.6) is 0 Å². The number of ether oxygens (including phenoxy) is 1. The van der Waals surface area contributed by atoms with E-state index in [2.05, 4.69) is 4.90 Å². The Kier molecular flexibility index (Phi) is 5.09. The van der Waals surface area contributed by atoms with Gasteiger partial charge in [-0.3, -0.25) is 0 Å². The number of piperidine rings is 2. The van der Waals surface area contributed by atoms with Crippen LogP contribution in [0.3, 0.4) is 0 Å². The first-order valence-electron chi connectivity index (χ1n) is 9.39. The second-order valence-electron chi connectivity index (χ2n) is 7.33. The molecule has 1 aromatic heterocycles. The number of carbonyl (C=O) groups is 1. The summed E-state index contributed by atoms with van der Waals surface area (Å²) in [5, 5.41) is 1.91. The van der Waals surface area contributed by atoms with E-state index < -0.39 is 0 Å². The lowest BCUT2D eigenvalue weighted by Crippen LogP contribution is -2.48. The zero-order valence-corrected chi connectivity index (χ0v) is 15.9. The molecule has 4 rings (SSSR count). The fraction of sp³-hybridized carbons (Fsp3) is 0.550. The molecule has 2 aliphatic heterocycles. The summed E-state index contributed by atoms with van der Waals surface area (Å²) in [6, 6.07) is 6.42. The molecule has 2 saturated heterocycles. The summed E-state index contributed by atoms with van der Waals surface area (Å²) in [4.78, 5) is 16.0. The van der Waals surface area contributed by atoms with Crippen LogP contribution in [0.15, 0.2) is 28.9 Å². The Hall–Kier alpha value is -1.72. The molecule has 0 spiro atoms. The second-order valence-corrected chi connectivity index (χ2v) is 7.77. The van der Waals surface area contributed by atoms with Crippen LogP contribution in [0.4, 0.5) is 4.79 Å². The highest BCUT2D eigenvalue weighted by molar-refractivity contribution is 6.31. The maximum absolute atomic E-state index is 11.6. The quantitative estimate of drug-likeness (QED) is 0.774. The molecule has 2 fully saturated rings. The smallest absolute Gasteiger partial charge is 0.409 e. The van der Waals surface area contributed by atoms with Crippen molar-refractivity contribution < 1.29 is 13.9 Å². The molecule has 0 aliphatic carbocycles. The van der Waals surface area contributed by atoms with Crippen LogP contribution in [0.25, 0.3) is 11.0 Å². The summed E-state index contributed by atoms with van der Waals surface area (Å²) < 4.78 is 10.5. The van der Waals surface area contributed by atoms with Crippen molar-refractivity contribution in [2.24, 2.45) is 0 Å². The van der Waals surface area contributed by atoms with E-state index in [-0.39, 0.29) is 6.09 Å². The van der Waals surface area contributed by atoms with Crippen LogP contribution in [0, 0.1) is 0 Å². The number of furan rings is 1. The molecule has 2 aliphatic rings. The summed E-state index contributed by atoms with van der Waals surface area (Å²) in [5.74, 6) is 0.529. The Bertz CT molecular complexity index is 774. The lowest BCUT2D eigenvalue weighted by atomic mass is 9.88. The molecule has 26 heavy (non-hydrogen) atoms. The fourth-order valence-electron chi connectivity index (χ4n) is 4.46. The summed E-state index contributed by atoms with van der Waals surface area (Å²) in [5.41, 5.74) is 2.21. The summed E-state index contributed by atoms with van der Waals surface area (Å²) in [6.45, 7) is 3.78. The number of rotatable bonds is 2. The molecule has 0 N–H and O–H groups in total. The molecule has 2 aromatic rings. The number of amides is 1. The van der Waals surface area contributed by atoms with Crippen molar-refractivity contribution in [3.8, 4) is 0 Å². The average molecular weight is 377 g/mol. The second kappa shape index (κ2) is 7.49. The highest BCUT2D eigenvalue weighted by atomic mass is 35.5. The minimum absolute atomic E-state index is 0.201. The van der Waals surface area contributed by atoms with Crippen molar-refractivity contribution in [1.29, 1.82) is 0 Å². The topological polar surface area (TPSA) is 45.9 Å². The molecular weight excluding hydrogens is 352 g/mol. The Morgan fingerprint density at radius 1 is 1.15 bits per heavy atom. The first-order valence-corrected chi connectivity index (χ1v) is 9.77. The van der Waals surface area contributed by atoms with E-state index in [1.54, 1.807) is 0 Å². The molecule has 0 radical (unpaired) electrons. The van der Waals surface area contributed by atoms with Gasteiger partial charge in [-0.15, -0.1) is 0 Å². The number of methoxy groups -OCH3 is 1. The van der Waals surface area contributed by atoms with Gasteiger partial charge >= 0.3 is 6.09 Å². The van der Waals surface area contributed by atoms with E-state index in [9.17, 15) is 4.79 Å². The standard InChI is InChI=1S/C20H25ClN2O3/c1-25-20(24)23-10-6-16(7-11-23)22-8-4-14(5-9-22)18-13-26-19-3-2-15(21)12-17(18)19/h2-3,12-14,16H,4-11H2,1H3. The highest BCUT2D eigenvalue weighted by Gasteiger charge is 2.31. The molecule has 5 nitrogen and oxygen atoms in total. The van der Waals surface area contributed by atoms with Crippen LogP contribution in [-0.4, -0.2) is 55.2 Å². The minimum Gasteiger partial charge on any atom is -0.464 e. The van der Waals surface area contributed by atoms with Crippen molar-refractivity contribution in [3.05, 3.63) is 35.0 Å². The molecule has 0 atom stereocenters. The zero-order valence-electron chi connectivity index (χ0n) is 15.1. The molecule has 3 heterocycles. The van der Waals surface area contributed by atoms with Crippen molar-refractivity contribution in [2.45, 2.75) is 37.6 Å². The van der Waals surface area contributed by atoms with E-state index in [0.29, 0.717) is 12.0 Å². The molecule has 1 aromatic carbocycles. The third-order valence-electron chi connectivity index (χ3n) is 5.95. The predicted octanol–water partition coefficient (Wildman–Crippen LogP) is 4.50. The summed E-state index contributed by atoms with van der Waals surface area (Å²) >= 11 is 6.17. The number of fused-ring (bicyclic) bond motifs is 1. The van der Waals surface area contributed by atoms with Crippen LogP contribution in [0.2, 0.25) is 5.02 Å². The maximum Gasteiger partial charge on any atom is 0.409 e. The van der Waals surface area contributed by atoms with E-state index in [1.807, 2.05) is 29.4 Å². The number of hydrogen-bond acceptors (Lipinski definition) is 4. The number of benzene rings is 1. The lowest BCUT2D eigenvalue weighted by molar-refractivity contribution is 0.0734. The highest BCUT2D eigenvalue weighted by Crippen LogP contribution is 2.36. The van der Waals surface area contributed by atoms with E-state index in [4.69, 9.17) is 20.8 Å². The fourth-order valence-corrected chi connectivity index (χ4v) is 4.63. The molecule has 0 unspecified atom stereocenters. The van der Waals surface area contributed by atoms with Gasteiger partial charge in [0.05, 0.1) is 13.4 Å². The van der Waals surface area contributed by atoms with Crippen molar-refractivity contribution >= 4 is 28.7 Å². The molecule has 0 bridgehead atoms. The zero-order chi connectivity index (χ0) is 18.1. The van der Waals surface area contributed by atoms with Gasteiger partial charge in [-0.2, -0.15) is 0 Å². The first-order chi connectivity index (χ1) is 12.7. The molecule has 6 heteroatoms. The van der Waals surface area contributed by atoms with Gasteiger partial charge in [-0.1, -0.05) is 11.6 Å². The van der Waals surface area contributed by atoms with Gasteiger partial charge in [0.25, 0.3) is 0 Å². The average Bonchev–Trinajstić information content (AvgIpc) is 3.10. The first kappa shape index (κ1) is 17.7. The SMILES string of the molecule is COC(=O)N1CCC(N2CCC(c3coc4ccc(Cl)cc34)CC2)CC1. The van der Waals surface area contributed by atoms with Crippen LogP contribution in [0.1, 0.15) is 37.2 Å². The Balaban J connectivity index is 1.36. The van der Waals surface area contributed by atoms with Gasteiger partial charge in [-0.25, -0.2) is 4.79 Å². The maximum atomic E-state index is 11.6. The number of hydrogen-bond donors (Lipinski definition) is 0. The third kappa shape index (κ3) is 3.42. The lowest BCUT2D eigenvalue weighted by Gasteiger charge is -2.41. The Labute approximate surface area is 158 Å². The van der Waals surface area contributed by atoms with Gasteiger partial charge < -0.3 is 19.0 Å². The van der Waals surface area contributed by atoms with Crippen molar-refractivity contribution in [2.75, 3.05) is 33.3 Å². The van der Waals surface area contributed by atoms with E-state index in [1.165, 1.54) is 12.7 Å². The molecule has 0 saturated carbocycles. The van der Waals surface area contributed by atoms with E-state index in [0.717, 1.165) is 67.9 Å².